The quantitative estimate of drug-likeness (QED) is 0.492. The lowest BCUT2D eigenvalue weighted by Crippen LogP contribution is -2.39. The molecule has 0 aromatic carbocycles. The van der Waals surface area contributed by atoms with Gasteiger partial charge in [-0.1, -0.05) is 0 Å². The summed E-state index contributed by atoms with van der Waals surface area (Å²) in [5.41, 5.74) is -0.675. The van der Waals surface area contributed by atoms with Crippen molar-refractivity contribution in [2.24, 2.45) is 0 Å². The van der Waals surface area contributed by atoms with Gasteiger partial charge in [-0.3, -0.25) is 14.4 Å². The van der Waals surface area contributed by atoms with Gasteiger partial charge in [0.15, 0.2) is 5.78 Å². The Kier molecular flexibility index (Phi) is 3.98. The highest BCUT2D eigenvalue weighted by Gasteiger charge is 2.53. The van der Waals surface area contributed by atoms with E-state index in [1.807, 2.05) is 0 Å². The Balaban J connectivity index is 1.50. The Morgan fingerprint density at radius 1 is 1.32 bits per heavy atom. The number of amides is 1. The van der Waals surface area contributed by atoms with E-state index in [0.29, 0.717) is 5.82 Å². The lowest BCUT2D eigenvalue weighted by Gasteiger charge is -2.21. The summed E-state index contributed by atoms with van der Waals surface area (Å²) >= 11 is 0. The molecule has 3 atom stereocenters. The third-order valence-corrected chi connectivity index (χ3v) is 4.78. The standard InChI is InChI=1S/C16H18N4O5/c21-10-5-9(11(22)13-12(10)25-13)19-15(23)8-6-18-14(20-16(8)24)7-1-3-17-4-2-7/h5-7,11-13,17,22H,1-4H2,(H,19,23)(H,18,20,24). The zero-order chi connectivity index (χ0) is 17.6. The summed E-state index contributed by atoms with van der Waals surface area (Å²) < 4.78 is 5.04. The van der Waals surface area contributed by atoms with Crippen LogP contribution in [0.4, 0.5) is 0 Å². The highest BCUT2D eigenvalue weighted by Crippen LogP contribution is 2.33. The van der Waals surface area contributed by atoms with Crippen LogP contribution in [0, 0.1) is 0 Å². The van der Waals surface area contributed by atoms with E-state index >= 15 is 0 Å². The predicted octanol–water partition coefficient (Wildman–Crippen LogP) is -1.44. The summed E-state index contributed by atoms with van der Waals surface area (Å²) in [4.78, 5) is 43.1. The maximum atomic E-state index is 12.3. The molecule has 2 saturated heterocycles. The van der Waals surface area contributed by atoms with Gasteiger partial charge < -0.3 is 25.5 Å². The lowest BCUT2D eigenvalue weighted by molar-refractivity contribution is -0.116. The molecule has 1 aromatic heterocycles. The maximum Gasteiger partial charge on any atom is 0.263 e. The number of carbonyl (C=O) groups excluding carboxylic acids is 2. The van der Waals surface area contributed by atoms with Crippen molar-refractivity contribution in [3.63, 3.8) is 0 Å². The van der Waals surface area contributed by atoms with Gasteiger partial charge in [-0.25, -0.2) is 4.98 Å². The number of H-pyrrole nitrogens is 1. The number of ether oxygens (including phenoxy) is 1. The first-order valence-electron chi connectivity index (χ1n) is 8.25. The molecule has 9 nitrogen and oxygen atoms in total. The van der Waals surface area contributed by atoms with Crippen molar-refractivity contribution >= 4 is 11.7 Å². The second kappa shape index (κ2) is 6.17. The highest BCUT2D eigenvalue weighted by atomic mass is 16.6. The number of epoxide rings is 1. The number of aliphatic hydroxyl groups excluding tert-OH is 1. The number of rotatable bonds is 3. The van der Waals surface area contributed by atoms with E-state index < -0.39 is 29.8 Å². The van der Waals surface area contributed by atoms with E-state index in [4.69, 9.17) is 4.74 Å². The van der Waals surface area contributed by atoms with Crippen LogP contribution in [0.25, 0.3) is 0 Å². The van der Waals surface area contributed by atoms with Crippen LogP contribution in [0.3, 0.4) is 0 Å². The Labute approximate surface area is 142 Å². The van der Waals surface area contributed by atoms with Crippen molar-refractivity contribution in [1.29, 1.82) is 0 Å². The van der Waals surface area contributed by atoms with Crippen LogP contribution in [0.15, 0.2) is 22.8 Å². The summed E-state index contributed by atoms with van der Waals surface area (Å²) in [5, 5.41) is 15.7. The van der Waals surface area contributed by atoms with Gasteiger partial charge in [0.1, 0.15) is 29.7 Å². The van der Waals surface area contributed by atoms with Crippen molar-refractivity contribution in [3.05, 3.63) is 39.7 Å². The van der Waals surface area contributed by atoms with Gasteiger partial charge >= 0.3 is 0 Å². The van der Waals surface area contributed by atoms with Crippen LogP contribution in [-0.2, 0) is 9.53 Å². The first-order chi connectivity index (χ1) is 12.0. The van der Waals surface area contributed by atoms with Gasteiger partial charge in [0.2, 0.25) is 0 Å². The van der Waals surface area contributed by atoms with Crippen molar-refractivity contribution in [2.75, 3.05) is 13.1 Å². The van der Waals surface area contributed by atoms with Gasteiger partial charge in [-0.2, -0.15) is 0 Å². The minimum atomic E-state index is -1.09. The van der Waals surface area contributed by atoms with Crippen molar-refractivity contribution in [2.45, 2.75) is 37.1 Å². The van der Waals surface area contributed by atoms with E-state index in [0.717, 1.165) is 32.0 Å². The monoisotopic (exact) mass is 346 g/mol. The molecule has 0 saturated carbocycles. The molecular weight excluding hydrogens is 328 g/mol. The normalized spacial score (nSPS) is 28.9. The summed E-state index contributed by atoms with van der Waals surface area (Å²) in [7, 11) is 0. The topological polar surface area (TPSA) is 137 Å². The molecule has 0 bridgehead atoms. The number of nitrogens with zero attached hydrogens (tertiary/aromatic N) is 1. The third-order valence-electron chi connectivity index (χ3n) is 4.78. The average Bonchev–Trinajstić information content (AvgIpc) is 3.41. The summed E-state index contributed by atoms with van der Waals surface area (Å²) in [5.74, 6) is -0.290. The summed E-state index contributed by atoms with van der Waals surface area (Å²) in [6.45, 7) is 1.72. The number of fused-ring (bicyclic) bond motifs is 1. The Morgan fingerprint density at radius 3 is 2.80 bits per heavy atom. The summed E-state index contributed by atoms with van der Waals surface area (Å²) in [6.07, 6.45) is 1.79. The second-order valence-electron chi connectivity index (χ2n) is 6.46. The molecule has 2 fully saturated rings. The average molecular weight is 346 g/mol. The van der Waals surface area contributed by atoms with Crippen molar-refractivity contribution < 1.29 is 19.4 Å². The van der Waals surface area contributed by atoms with Crippen LogP contribution in [0.5, 0.6) is 0 Å². The third kappa shape index (κ3) is 3.01. The van der Waals surface area contributed by atoms with E-state index in [-0.39, 0.29) is 23.0 Å². The fourth-order valence-electron chi connectivity index (χ4n) is 3.27. The van der Waals surface area contributed by atoms with Gasteiger partial charge in [-0.15, -0.1) is 0 Å². The first kappa shape index (κ1) is 16.1. The molecule has 132 valence electrons. The molecule has 3 heterocycles. The zero-order valence-electron chi connectivity index (χ0n) is 13.3. The SMILES string of the molecule is O=C(NC1=CC(=O)C2OC2C1O)c1cnc(C2CCNCC2)[nH]c1=O. The number of hydrogen-bond donors (Lipinski definition) is 4. The van der Waals surface area contributed by atoms with Crippen LogP contribution in [0.2, 0.25) is 0 Å². The number of nitrogens with one attached hydrogen (secondary N) is 3. The molecule has 3 unspecified atom stereocenters. The Bertz CT molecular complexity index is 811. The minimum absolute atomic E-state index is 0.0376. The zero-order valence-corrected chi connectivity index (χ0v) is 13.3. The molecule has 4 N–H and O–H groups in total. The Morgan fingerprint density at radius 2 is 2.08 bits per heavy atom. The van der Waals surface area contributed by atoms with Gasteiger partial charge in [0.25, 0.3) is 11.5 Å². The molecule has 25 heavy (non-hydrogen) atoms. The molecule has 3 aliphatic rings. The van der Waals surface area contributed by atoms with E-state index in [1.54, 1.807) is 0 Å². The second-order valence-corrected chi connectivity index (χ2v) is 6.46. The number of hydrogen-bond acceptors (Lipinski definition) is 7. The van der Waals surface area contributed by atoms with Crippen LogP contribution >= 0.6 is 0 Å². The molecule has 1 aromatic rings. The van der Waals surface area contributed by atoms with E-state index in [1.165, 1.54) is 6.20 Å². The number of aromatic amines is 1. The largest absolute Gasteiger partial charge is 0.384 e. The molecule has 0 spiro atoms. The van der Waals surface area contributed by atoms with Crippen molar-refractivity contribution in [1.82, 2.24) is 20.6 Å². The van der Waals surface area contributed by atoms with Crippen LogP contribution in [0.1, 0.15) is 34.9 Å². The molecule has 9 heteroatoms. The fourth-order valence-corrected chi connectivity index (χ4v) is 3.27. The van der Waals surface area contributed by atoms with Crippen molar-refractivity contribution in [3.8, 4) is 0 Å². The highest BCUT2D eigenvalue weighted by molar-refractivity contribution is 6.00. The molecular formula is C16H18N4O5. The smallest absolute Gasteiger partial charge is 0.263 e. The number of ketones is 1. The number of piperidine rings is 1. The number of aromatic nitrogens is 2. The molecule has 0 radical (unpaired) electrons. The first-order valence-corrected chi connectivity index (χ1v) is 8.25. The fraction of sp³-hybridized carbons (Fsp3) is 0.500. The molecule has 2 aliphatic heterocycles. The predicted molar refractivity (Wildman–Crippen MR) is 84.9 cm³/mol. The minimum Gasteiger partial charge on any atom is -0.384 e. The van der Waals surface area contributed by atoms with Crippen LogP contribution in [-0.4, -0.2) is 58.2 Å². The van der Waals surface area contributed by atoms with Gasteiger partial charge in [-0.05, 0) is 25.9 Å². The lowest BCUT2D eigenvalue weighted by atomic mass is 9.97. The maximum absolute atomic E-state index is 12.3. The number of carbonyl (C=O) groups is 2. The van der Waals surface area contributed by atoms with Gasteiger partial charge in [0, 0.05) is 18.2 Å². The molecule has 1 aliphatic carbocycles. The summed E-state index contributed by atoms with van der Waals surface area (Å²) in [6, 6.07) is 0. The van der Waals surface area contributed by atoms with Crippen LogP contribution < -0.4 is 16.2 Å². The molecule has 4 rings (SSSR count). The Hall–Kier alpha value is -2.36. The van der Waals surface area contributed by atoms with E-state index in [9.17, 15) is 19.5 Å². The number of aliphatic hydroxyl groups is 1. The molecule has 1 amide bonds. The van der Waals surface area contributed by atoms with E-state index in [2.05, 4.69) is 20.6 Å². The van der Waals surface area contributed by atoms with Gasteiger partial charge in [0.05, 0.1) is 5.70 Å².